The number of hydrogen-bond acceptors (Lipinski definition) is 18. The van der Waals surface area contributed by atoms with Gasteiger partial charge in [-0.1, -0.05) is 94.7 Å². The summed E-state index contributed by atoms with van der Waals surface area (Å²) in [6.45, 7) is 6.77. The third-order valence-corrected chi connectivity index (χ3v) is 18.1. The van der Waals surface area contributed by atoms with Crippen LogP contribution in [0.25, 0.3) is 0 Å². The first-order valence-corrected chi connectivity index (χ1v) is 32.2. The Balaban J connectivity index is 1.03. The number of carbonyl (C=O) groups excluding carboxylic acids is 9. The molecule has 8 amide bonds. The number of alkyl carbamates (subject to hydrolysis) is 1. The number of allylic oxidation sites excluding steroid dienone is 4. The lowest BCUT2D eigenvalue weighted by Gasteiger charge is -2.42. The van der Waals surface area contributed by atoms with Crippen molar-refractivity contribution in [2.75, 3.05) is 83.3 Å². The van der Waals surface area contributed by atoms with Crippen molar-refractivity contribution in [2.24, 2.45) is 5.92 Å². The summed E-state index contributed by atoms with van der Waals surface area (Å²) in [5.41, 5.74) is -0.685. The smallest absolute Gasteiger partial charge is 0.412 e. The minimum Gasteiger partial charge on any atom is -0.495 e. The highest BCUT2D eigenvalue weighted by Gasteiger charge is 2.64. The fourth-order valence-electron chi connectivity index (χ4n) is 10.5. The Bertz CT molecular complexity index is 3050. The molecule has 5 N–H and O–H groups in total. The number of esters is 1. The van der Waals surface area contributed by atoms with Crippen LogP contribution in [0.3, 0.4) is 0 Å². The van der Waals surface area contributed by atoms with Gasteiger partial charge < -0.3 is 73.8 Å². The van der Waals surface area contributed by atoms with Crippen molar-refractivity contribution in [1.29, 1.82) is 0 Å². The van der Waals surface area contributed by atoms with E-state index in [1.807, 2.05) is 19.1 Å². The molecule has 9 atom stereocenters. The van der Waals surface area contributed by atoms with Crippen molar-refractivity contribution in [3.63, 3.8) is 0 Å². The van der Waals surface area contributed by atoms with Crippen molar-refractivity contribution >= 4 is 104 Å². The summed E-state index contributed by atoms with van der Waals surface area (Å²) in [4.78, 5) is 125. The first-order chi connectivity index (χ1) is 42.7. The van der Waals surface area contributed by atoms with Crippen LogP contribution in [0.1, 0.15) is 96.6 Å². The van der Waals surface area contributed by atoms with Crippen LogP contribution in [0.15, 0.2) is 66.3 Å². The average molecular weight is 1360 g/mol. The van der Waals surface area contributed by atoms with E-state index < -0.39 is 101 Å². The van der Waals surface area contributed by atoms with E-state index in [1.165, 1.54) is 81.1 Å². The first-order valence-electron chi connectivity index (χ1n) is 29.7. The minimum absolute atomic E-state index is 0.0336. The lowest BCUT2D eigenvalue weighted by Crippen LogP contribution is -2.63. The molecule has 1 unspecified atom stereocenters. The molecule has 90 heavy (non-hydrogen) atoms. The molecular weight excluding hydrogens is 1280 g/mol. The molecule has 2 fully saturated rings. The van der Waals surface area contributed by atoms with Gasteiger partial charge >= 0.3 is 24.2 Å². The molecule has 494 valence electrons. The van der Waals surface area contributed by atoms with Crippen LogP contribution in [0.2, 0.25) is 5.02 Å². The van der Waals surface area contributed by atoms with Crippen LogP contribution >= 0.6 is 39.3 Å². The predicted octanol–water partition coefficient (Wildman–Crippen LogP) is 7.78. The van der Waals surface area contributed by atoms with Crippen molar-refractivity contribution in [1.82, 2.24) is 30.7 Å². The number of epoxide rings is 1. The van der Waals surface area contributed by atoms with E-state index in [2.05, 4.69) is 43.3 Å². The monoisotopic (exact) mass is 1360 g/mol. The zero-order chi connectivity index (χ0) is 66.0. The van der Waals surface area contributed by atoms with Crippen molar-refractivity contribution in [2.45, 2.75) is 146 Å². The van der Waals surface area contributed by atoms with E-state index in [4.69, 9.17) is 44.8 Å². The van der Waals surface area contributed by atoms with Crippen LogP contribution in [-0.2, 0) is 60.7 Å². The molecule has 4 aliphatic rings. The summed E-state index contributed by atoms with van der Waals surface area (Å²) in [5, 5.41) is 22.5. The van der Waals surface area contributed by atoms with E-state index in [1.54, 1.807) is 44.2 Å². The lowest BCUT2D eigenvalue weighted by molar-refractivity contribution is -0.162. The number of nitrogens with zero attached hydrogens (tertiary/aromatic N) is 4. The van der Waals surface area contributed by atoms with Crippen molar-refractivity contribution in [3.05, 3.63) is 82.4 Å². The Kier molecular flexibility index (Phi) is 26.8. The average Bonchev–Trinajstić information content (AvgIpc) is 1.57. The molecule has 4 bridgehead atoms. The Hall–Kier alpha value is -6.91. The van der Waals surface area contributed by atoms with Crippen LogP contribution in [0.5, 0.6) is 11.5 Å². The van der Waals surface area contributed by atoms with E-state index in [-0.39, 0.29) is 85.0 Å². The molecule has 0 spiro atoms. The molecule has 2 saturated heterocycles. The molecule has 28 heteroatoms. The highest BCUT2D eigenvalue weighted by Crippen LogP contribution is 2.49. The highest BCUT2D eigenvalue weighted by molar-refractivity contribution is 9.09. The second-order valence-electron chi connectivity index (χ2n) is 23.0. The van der Waals surface area contributed by atoms with Gasteiger partial charge in [0.05, 0.1) is 36.3 Å². The van der Waals surface area contributed by atoms with Gasteiger partial charge in [-0.3, -0.25) is 29.3 Å². The number of alkyl halides is 1. The SMILES string of the molecule is COc1cc2cc(c1Cl)N(C)C(=O)C[C@H](OC(=O)[C@H](C)N(C)C(=O)CCSC(=O)N(C)CCN(C)C(=O)OCc1ccc(OC(=O)NC3C/C=C/CCCC3)c(NC(=O)CCNC(=O)CBr)c1)[C@]1(C)O[C@H]1[C@H](C)[C@@H]1C[C@@](O)(NC(=O)O1)[C@H](OC)/C=C/C=C(\C)C2. The standard InChI is InChI=1S/C62H84BrClN8O17S/c1-37-17-16-20-48(84-10)62(82)34-47(87-58(79)68-62)38(2)55-61(4,89-55)49(33-53(76)72(8)44-31-41(29-37)32-46(83-9)54(44)64)88-56(77)39(3)71(7)52(75)24-28-90-60(81)70(6)27-26-69(5)59(80)85-36-40-21-22-45(43(30-40)67-50(73)23-25-65-51(74)35-63)86-57(78)66-42-18-14-12-11-13-15-19-42/h12,14,16-17,20-22,30-32,38-39,42,47-49,55,82H,11,13,15,18-19,23-29,33-36H2,1-10H3,(H,65,74)(H,66,78)(H,67,73)(H,68,79)/b14-12+,20-16+,37-17+/t38-,39+,42?,47+,48-,49+,55+,61+,62+/m1/s1. The molecule has 6 rings (SSSR count). The number of fused-ring (bicyclic) bond motifs is 5. The summed E-state index contributed by atoms with van der Waals surface area (Å²) in [7, 11) is 8.84. The number of carbonyl (C=O) groups is 9. The van der Waals surface area contributed by atoms with Gasteiger partial charge in [0.1, 0.15) is 47.3 Å². The quantitative estimate of drug-likeness (QED) is 0.0278. The molecule has 1 aliphatic carbocycles. The lowest BCUT2D eigenvalue weighted by atomic mass is 9.83. The van der Waals surface area contributed by atoms with Crippen LogP contribution < -0.4 is 35.6 Å². The molecular formula is C62H84BrClN8O17S. The number of hydrogen-bond donors (Lipinski definition) is 5. The first kappa shape index (κ1) is 72.2. The summed E-state index contributed by atoms with van der Waals surface area (Å²) < 4.78 is 40.7. The minimum atomic E-state index is -1.90. The third kappa shape index (κ3) is 20.0. The zero-order valence-corrected chi connectivity index (χ0v) is 55.7. The number of benzene rings is 2. The van der Waals surface area contributed by atoms with Crippen molar-refractivity contribution in [3.8, 4) is 11.5 Å². The highest BCUT2D eigenvalue weighted by atomic mass is 79.9. The van der Waals surface area contributed by atoms with Gasteiger partial charge in [-0.15, -0.1) is 0 Å². The Labute approximate surface area is 542 Å². The Morgan fingerprint density at radius 1 is 1.00 bits per heavy atom. The topological polar surface area (TPSA) is 303 Å². The Morgan fingerprint density at radius 2 is 1.74 bits per heavy atom. The zero-order valence-electron chi connectivity index (χ0n) is 52.6. The van der Waals surface area contributed by atoms with E-state index in [9.17, 15) is 48.3 Å². The molecule has 2 aromatic rings. The molecule has 0 radical (unpaired) electrons. The number of ether oxygens (including phenoxy) is 7. The Morgan fingerprint density at radius 3 is 2.47 bits per heavy atom. The van der Waals surface area contributed by atoms with Gasteiger partial charge in [0, 0.05) is 91.9 Å². The summed E-state index contributed by atoms with van der Waals surface area (Å²) in [6.07, 6.45) is 7.02. The summed E-state index contributed by atoms with van der Waals surface area (Å²) in [5.74, 6) is -2.85. The van der Waals surface area contributed by atoms with E-state index in [0.29, 0.717) is 29.8 Å². The maximum atomic E-state index is 14.4. The number of likely N-dealkylation sites (N-methyl/N-ethyl adjacent to an activating group) is 3. The fraction of sp³-hybridized carbons (Fsp3) is 0.565. The second kappa shape index (κ2) is 33.4. The van der Waals surface area contributed by atoms with Crippen LogP contribution in [0, 0.1) is 5.92 Å². The van der Waals surface area contributed by atoms with E-state index in [0.717, 1.165) is 48.6 Å². The number of aliphatic hydroxyl groups is 1. The van der Waals surface area contributed by atoms with E-state index >= 15 is 0 Å². The van der Waals surface area contributed by atoms with Gasteiger partial charge in [0.2, 0.25) is 23.6 Å². The maximum absolute atomic E-state index is 14.4. The van der Waals surface area contributed by atoms with Gasteiger partial charge in [0.15, 0.2) is 11.5 Å². The number of halogens is 2. The molecule has 2 aromatic carbocycles. The summed E-state index contributed by atoms with van der Waals surface area (Å²) >= 11 is 10.8. The predicted molar refractivity (Wildman–Crippen MR) is 341 cm³/mol. The number of anilines is 2. The number of amides is 8. The second-order valence-corrected chi connectivity index (χ2v) is 25.0. The normalized spacial score (nSPS) is 25.0. The van der Waals surface area contributed by atoms with Gasteiger partial charge in [-0.25, -0.2) is 19.2 Å². The molecule has 25 nitrogen and oxygen atoms in total. The fourth-order valence-corrected chi connectivity index (χ4v) is 11.7. The largest absolute Gasteiger partial charge is 0.495 e. The number of nitrogens with one attached hydrogen (secondary N) is 4. The number of rotatable bonds is 20. The van der Waals surface area contributed by atoms with Crippen LogP contribution in [-0.4, -0.2) is 194 Å². The number of thioether (sulfide) groups is 1. The molecule has 0 aromatic heterocycles. The molecule has 3 aliphatic heterocycles. The third-order valence-electron chi connectivity index (χ3n) is 16.2. The van der Waals surface area contributed by atoms with Crippen LogP contribution in [0.4, 0.5) is 30.6 Å². The van der Waals surface area contributed by atoms with Gasteiger partial charge in [-0.2, -0.15) is 0 Å². The summed E-state index contributed by atoms with van der Waals surface area (Å²) in [6, 6.07) is 6.77. The molecule has 0 saturated carbocycles. The number of methoxy groups -OCH3 is 2. The van der Waals surface area contributed by atoms with Gasteiger partial charge in [-0.05, 0) is 88.3 Å². The molecule has 3 heterocycles. The maximum Gasteiger partial charge on any atom is 0.412 e. The van der Waals surface area contributed by atoms with Crippen molar-refractivity contribution < 1.29 is 81.4 Å². The van der Waals surface area contributed by atoms with Gasteiger partial charge in [0.25, 0.3) is 5.24 Å².